The first-order valence-corrected chi connectivity index (χ1v) is 6.69. The van der Waals surface area contributed by atoms with Gasteiger partial charge < -0.3 is 15.0 Å². The summed E-state index contributed by atoms with van der Waals surface area (Å²) in [6.45, 7) is 2.85. The lowest BCUT2D eigenvalue weighted by Crippen LogP contribution is -2.31. The molecule has 3 N–H and O–H groups in total. The van der Waals surface area contributed by atoms with Crippen molar-refractivity contribution in [2.24, 2.45) is 5.73 Å². The molecule has 21 heavy (non-hydrogen) atoms. The molecular formula is C16H19N3O2. The summed E-state index contributed by atoms with van der Waals surface area (Å²) in [5.74, 6) is -0.221. The Morgan fingerprint density at radius 2 is 1.90 bits per heavy atom. The first-order chi connectivity index (χ1) is 10.0. The number of hydrogen-bond donors (Lipinski definition) is 2. The van der Waals surface area contributed by atoms with E-state index in [0.29, 0.717) is 13.2 Å². The van der Waals surface area contributed by atoms with Crippen LogP contribution in [0.3, 0.4) is 0 Å². The number of rotatable bonds is 5. The number of aryl methyl sites for hydroxylation is 1. The van der Waals surface area contributed by atoms with Gasteiger partial charge in [0, 0.05) is 13.7 Å². The standard InChI is InChI=1S/C16H19N3O2/c1-11-3-5-12(6-4-11)14-8-7-13(15(17)18)16(20)19(14)9-10-21-2/h3-8H,9-10H2,1-2H3,(H3,17,18). The fourth-order valence-electron chi connectivity index (χ4n) is 2.16. The minimum atomic E-state index is -0.266. The molecule has 0 atom stereocenters. The van der Waals surface area contributed by atoms with Gasteiger partial charge >= 0.3 is 0 Å². The average Bonchev–Trinajstić information content (AvgIpc) is 2.46. The van der Waals surface area contributed by atoms with E-state index >= 15 is 0 Å². The average molecular weight is 285 g/mol. The molecule has 1 heterocycles. The van der Waals surface area contributed by atoms with Crippen molar-refractivity contribution in [1.29, 1.82) is 5.41 Å². The van der Waals surface area contributed by atoms with E-state index in [0.717, 1.165) is 16.8 Å². The molecule has 1 aromatic heterocycles. The molecule has 0 aliphatic carbocycles. The van der Waals surface area contributed by atoms with Crippen LogP contribution in [-0.4, -0.2) is 24.1 Å². The normalized spacial score (nSPS) is 10.6. The van der Waals surface area contributed by atoms with Crippen molar-refractivity contribution in [1.82, 2.24) is 4.57 Å². The lowest BCUT2D eigenvalue weighted by molar-refractivity contribution is 0.186. The quantitative estimate of drug-likeness (QED) is 0.648. The Bertz CT molecular complexity index is 702. The maximum atomic E-state index is 12.5. The summed E-state index contributed by atoms with van der Waals surface area (Å²) in [6.07, 6.45) is 0. The lowest BCUT2D eigenvalue weighted by atomic mass is 10.1. The molecule has 2 aromatic rings. The molecule has 0 bridgehead atoms. The molecule has 0 radical (unpaired) electrons. The molecule has 0 unspecified atom stereocenters. The molecule has 2 rings (SSSR count). The van der Waals surface area contributed by atoms with Crippen molar-refractivity contribution in [2.45, 2.75) is 13.5 Å². The van der Waals surface area contributed by atoms with Gasteiger partial charge in [0.25, 0.3) is 5.56 Å². The molecule has 5 nitrogen and oxygen atoms in total. The van der Waals surface area contributed by atoms with Crippen LogP contribution in [0.5, 0.6) is 0 Å². The van der Waals surface area contributed by atoms with E-state index in [2.05, 4.69) is 0 Å². The number of aromatic nitrogens is 1. The zero-order valence-corrected chi connectivity index (χ0v) is 12.2. The second-order valence-electron chi connectivity index (χ2n) is 4.86. The third-order valence-corrected chi connectivity index (χ3v) is 3.33. The molecule has 0 spiro atoms. The fraction of sp³-hybridized carbons (Fsp3) is 0.250. The second kappa shape index (κ2) is 6.37. The van der Waals surface area contributed by atoms with Crippen molar-refractivity contribution in [2.75, 3.05) is 13.7 Å². The minimum absolute atomic E-state index is 0.210. The van der Waals surface area contributed by atoms with Gasteiger partial charge in [-0.1, -0.05) is 29.8 Å². The summed E-state index contributed by atoms with van der Waals surface area (Å²) in [5.41, 5.74) is 8.30. The maximum Gasteiger partial charge on any atom is 0.262 e. The first-order valence-electron chi connectivity index (χ1n) is 6.69. The molecule has 1 aromatic carbocycles. The van der Waals surface area contributed by atoms with Crippen LogP contribution < -0.4 is 11.3 Å². The van der Waals surface area contributed by atoms with E-state index in [1.807, 2.05) is 37.3 Å². The predicted octanol–water partition coefficient (Wildman–Crippen LogP) is 1.75. The van der Waals surface area contributed by atoms with Crippen LogP contribution in [0.1, 0.15) is 11.1 Å². The number of nitrogens with zero attached hydrogens (tertiary/aromatic N) is 1. The van der Waals surface area contributed by atoms with Gasteiger partial charge in [0.1, 0.15) is 5.84 Å². The molecule has 110 valence electrons. The van der Waals surface area contributed by atoms with Gasteiger partial charge in [-0.25, -0.2) is 0 Å². The molecule has 0 aliphatic rings. The van der Waals surface area contributed by atoms with Crippen LogP contribution >= 0.6 is 0 Å². The monoisotopic (exact) mass is 285 g/mol. The van der Waals surface area contributed by atoms with Crippen molar-refractivity contribution < 1.29 is 4.74 Å². The lowest BCUT2D eigenvalue weighted by Gasteiger charge is -2.14. The highest BCUT2D eigenvalue weighted by Crippen LogP contribution is 2.19. The molecule has 0 saturated carbocycles. The summed E-state index contributed by atoms with van der Waals surface area (Å²) >= 11 is 0. The summed E-state index contributed by atoms with van der Waals surface area (Å²) in [6, 6.07) is 11.4. The summed E-state index contributed by atoms with van der Waals surface area (Å²) in [4.78, 5) is 12.5. The third-order valence-electron chi connectivity index (χ3n) is 3.33. The number of amidine groups is 1. The van der Waals surface area contributed by atoms with Crippen molar-refractivity contribution in [3.05, 3.63) is 57.9 Å². The Balaban J connectivity index is 2.59. The Labute approximate surface area is 123 Å². The van der Waals surface area contributed by atoms with E-state index in [9.17, 15) is 4.79 Å². The second-order valence-corrected chi connectivity index (χ2v) is 4.86. The van der Waals surface area contributed by atoms with Gasteiger partial charge in [-0.2, -0.15) is 0 Å². The Morgan fingerprint density at radius 3 is 2.48 bits per heavy atom. The molecule has 5 heteroatoms. The zero-order chi connectivity index (χ0) is 15.4. The van der Waals surface area contributed by atoms with E-state index < -0.39 is 0 Å². The smallest absolute Gasteiger partial charge is 0.262 e. The zero-order valence-electron chi connectivity index (χ0n) is 12.2. The molecule has 0 saturated heterocycles. The van der Waals surface area contributed by atoms with Crippen LogP contribution in [0.4, 0.5) is 0 Å². The number of benzene rings is 1. The molecular weight excluding hydrogens is 266 g/mol. The van der Waals surface area contributed by atoms with Gasteiger partial charge in [-0.05, 0) is 24.6 Å². The van der Waals surface area contributed by atoms with Gasteiger partial charge in [0.05, 0.1) is 17.9 Å². The molecule has 0 amide bonds. The van der Waals surface area contributed by atoms with Gasteiger partial charge in [0.2, 0.25) is 0 Å². The van der Waals surface area contributed by atoms with Crippen LogP contribution in [-0.2, 0) is 11.3 Å². The Hall–Kier alpha value is -2.40. The van der Waals surface area contributed by atoms with Crippen molar-refractivity contribution in [3.8, 4) is 11.3 Å². The topological polar surface area (TPSA) is 81.1 Å². The highest BCUT2D eigenvalue weighted by molar-refractivity contribution is 5.94. The van der Waals surface area contributed by atoms with E-state index in [4.69, 9.17) is 15.9 Å². The summed E-state index contributed by atoms with van der Waals surface area (Å²) < 4.78 is 6.67. The molecule has 0 fully saturated rings. The van der Waals surface area contributed by atoms with Crippen LogP contribution in [0.25, 0.3) is 11.3 Å². The van der Waals surface area contributed by atoms with Gasteiger partial charge in [-0.15, -0.1) is 0 Å². The minimum Gasteiger partial charge on any atom is -0.384 e. The van der Waals surface area contributed by atoms with Crippen LogP contribution in [0, 0.1) is 12.3 Å². The van der Waals surface area contributed by atoms with Crippen molar-refractivity contribution >= 4 is 5.84 Å². The van der Waals surface area contributed by atoms with Crippen molar-refractivity contribution in [3.63, 3.8) is 0 Å². The van der Waals surface area contributed by atoms with Crippen LogP contribution in [0.15, 0.2) is 41.2 Å². The fourth-order valence-corrected chi connectivity index (χ4v) is 2.16. The Morgan fingerprint density at radius 1 is 1.24 bits per heavy atom. The summed E-state index contributed by atoms with van der Waals surface area (Å²) in [7, 11) is 1.59. The number of hydrogen-bond acceptors (Lipinski definition) is 3. The molecule has 0 aliphatic heterocycles. The number of methoxy groups -OCH3 is 1. The maximum absolute atomic E-state index is 12.5. The highest BCUT2D eigenvalue weighted by Gasteiger charge is 2.12. The Kier molecular flexibility index (Phi) is 4.55. The van der Waals surface area contributed by atoms with E-state index in [1.165, 1.54) is 0 Å². The number of ether oxygens (including phenoxy) is 1. The van der Waals surface area contributed by atoms with Gasteiger partial charge in [0.15, 0.2) is 0 Å². The largest absolute Gasteiger partial charge is 0.384 e. The van der Waals surface area contributed by atoms with Crippen LogP contribution in [0.2, 0.25) is 0 Å². The highest BCUT2D eigenvalue weighted by atomic mass is 16.5. The predicted molar refractivity (Wildman–Crippen MR) is 83.8 cm³/mol. The number of nitrogen functional groups attached to an aromatic ring is 1. The number of nitrogens with two attached hydrogens (primary N) is 1. The first kappa shape index (κ1) is 15.0. The van der Waals surface area contributed by atoms with Gasteiger partial charge in [-0.3, -0.25) is 10.2 Å². The third kappa shape index (κ3) is 3.20. The van der Waals surface area contributed by atoms with E-state index in [1.54, 1.807) is 17.7 Å². The number of nitrogens with one attached hydrogen (secondary N) is 1. The number of pyridine rings is 1. The SMILES string of the molecule is COCCn1c(-c2ccc(C)cc2)ccc(C(=N)N)c1=O. The summed E-state index contributed by atoms with van der Waals surface area (Å²) in [5, 5.41) is 7.49. The van der Waals surface area contributed by atoms with E-state index in [-0.39, 0.29) is 17.0 Å².